The summed E-state index contributed by atoms with van der Waals surface area (Å²) in [6, 6.07) is 14.2. The maximum absolute atomic E-state index is 12.2. The van der Waals surface area contributed by atoms with Gasteiger partial charge in [0.1, 0.15) is 18.1 Å². The quantitative estimate of drug-likeness (QED) is 0.742. The van der Waals surface area contributed by atoms with Gasteiger partial charge in [-0.2, -0.15) is 0 Å². The third-order valence-electron chi connectivity index (χ3n) is 4.15. The summed E-state index contributed by atoms with van der Waals surface area (Å²) in [5, 5.41) is 5.86. The zero-order chi connectivity index (χ0) is 19.1. The van der Waals surface area contributed by atoms with Crippen LogP contribution in [0.25, 0.3) is 0 Å². The van der Waals surface area contributed by atoms with Crippen LogP contribution in [0.15, 0.2) is 48.5 Å². The highest BCUT2D eigenvalue weighted by atomic mass is 32.1. The van der Waals surface area contributed by atoms with Crippen LogP contribution >= 0.6 is 12.2 Å². The van der Waals surface area contributed by atoms with Crippen molar-refractivity contribution in [3.63, 3.8) is 0 Å². The molecule has 0 aliphatic carbocycles. The van der Waals surface area contributed by atoms with E-state index in [1.165, 1.54) is 0 Å². The van der Waals surface area contributed by atoms with Crippen LogP contribution in [0, 0.1) is 0 Å². The number of rotatable bonds is 6. The molecular weight excluding hydrogens is 364 g/mol. The number of thiocarbonyl (C=S) groups is 1. The van der Waals surface area contributed by atoms with Crippen LogP contribution in [0.3, 0.4) is 0 Å². The van der Waals surface area contributed by atoms with Crippen molar-refractivity contribution in [1.82, 2.24) is 5.32 Å². The molecule has 1 unspecified atom stereocenters. The maximum atomic E-state index is 12.2. The Hall–Kier alpha value is -2.64. The van der Waals surface area contributed by atoms with Gasteiger partial charge in [-0.05, 0) is 73.6 Å². The average molecular weight is 386 g/mol. The minimum Gasteiger partial charge on any atom is -0.497 e. The Kier molecular flexibility index (Phi) is 6.62. The predicted molar refractivity (Wildman–Crippen MR) is 108 cm³/mol. The van der Waals surface area contributed by atoms with Gasteiger partial charge in [0.25, 0.3) is 5.91 Å². The number of hydrogen-bond acceptors (Lipinski definition) is 5. The highest BCUT2D eigenvalue weighted by Crippen LogP contribution is 2.18. The molecule has 1 saturated heterocycles. The van der Waals surface area contributed by atoms with Crippen LogP contribution in [0.2, 0.25) is 0 Å². The summed E-state index contributed by atoms with van der Waals surface area (Å²) in [7, 11) is 1.58. The second-order valence-corrected chi connectivity index (χ2v) is 6.52. The molecule has 142 valence electrons. The van der Waals surface area contributed by atoms with Gasteiger partial charge in [0, 0.05) is 17.9 Å². The molecule has 2 aromatic carbocycles. The number of hydrogen-bond donors (Lipinski definition) is 2. The van der Waals surface area contributed by atoms with E-state index in [0.717, 1.165) is 30.9 Å². The molecule has 0 aromatic heterocycles. The average Bonchev–Trinajstić information content (AvgIpc) is 3.21. The zero-order valence-corrected chi connectivity index (χ0v) is 15.9. The first kappa shape index (κ1) is 19.1. The number of anilines is 1. The third-order valence-corrected chi connectivity index (χ3v) is 4.36. The van der Waals surface area contributed by atoms with E-state index in [-0.39, 0.29) is 17.1 Å². The summed E-state index contributed by atoms with van der Waals surface area (Å²) in [4.78, 5) is 12.2. The third kappa shape index (κ3) is 5.67. The molecule has 1 amide bonds. The molecule has 0 saturated carbocycles. The molecule has 7 heteroatoms. The Morgan fingerprint density at radius 2 is 1.85 bits per heavy atom. The van der Waals surface area contributed by atoms with Crippen LogP contribution in [0.5, 0.6) is 11.5 Å². The van der Waals surface area contributed by atoms with Crippen LogP contribution in [0.4, 0.5) is 5.69 Å². The van der Waals surface area contributed by atoms with Gasteiger partial charge in [-0.1, -0.05) is 0 Å². The molecule has 1 fully saturated rings. The number of ether oxygens (including phenoxy) is 3. The van der Waals surface area contributed by atoms with E-state index in [1.54, 1.807) is 31.4 Å². The Balaban J connectivity index is 1.47. The molecule has 1 aliphatic rings. The maximum Gasteiger partial charge on any atom is 0.257 e. The zero-order valence-electron chi connectivity index (χ0n) is 15.1. The van der Waals surface area contributed by atoms with Crippen molar-refractivity contribution < 1.29 is 19.0 Å². The standard InChI is InChI=1S/C20H22N2O4S/c1-24-16-8-4-14(5-9-16)19(23)22-20(27)21-15-6-10-17(11-7-15)26-13-18-3-2-12-25-18/h4-11,18H,2-3,12-13H2,1H3,(H2,21,22,23,27). The van der Waals surface area contributed by atoms with Gasteiger partial charge in [0.15, 0.2) is 5.11 Å². The van der Waals surface area contributed by atoms with Crippen molar-refractivity contribution in [1.29, 1.82) is 0 Å². The van der Waals surface area contributed by atoms with Crippen molar-refractivity contribution in [2.45, 2.75) is 18.9 Å². The smallest absolute Gasteiger partial charge is 0.257 e. The van der Waals surface area contributed by atoms with E-state index in [4.69, 9.17) is 26.4 Å². The second-order valence-electron chi connectivity index (χ2n) is 6.11. The van der Waals surface area contributed by atoms with Crippen molar-refractivity contribution >= 4 is 28.9 Å². The molecule has 2 N–H and O–H groups in total. The molecule has 27 heavy (non-hydrogen) atoms. The number of amides is 1. The van der Waals surface area contributed by atoms with Gasteiger partial charge in [0.2, 0.25) is 0 Å². The number of carbonyl (C=O) groups is 1. The van der Waals surface area contributed by atoms with E-state index in [2.05, 4.69) is 10.6 Å². The van der Waals surface area contributed by atoms with E-state index in [0.29, 0.717) is 17.9 Å². The normalized spacial score (nSPS) is 15.8. The lowest BCUT2D eigenvalue weighted by Crippen LogP contribution is -2.34. The Morgan fingerprint density at radius 1 is 1.15 bits per heavy atom. The molecule has 3 rings (SSSR count). The van der Waals surface area contributed by atoms with Crippen LogP contribution in [-0.4, -0.2) is 37.4 Å². The summed E-state index contributed by atoms with van der Waals surface area (Å²) >= 11 is 5.20. The van der Waals surface area contributed by atoms with Gasteiger partial charge < -0.3 is 19.5 Å². The fraction of sp³-hybridized carbons (Fsp3) is 0.300. The lowest BCUT2D eigenvalue weighted by Gasteiger charge is -2.13. The summed E-state index contributed by atoms with van der Waals surface area (Å²) in [6.45, 7) is 1.37. The number of methoxy groups -OCH3 is 1. The second kappa shape index (κ2) is 9.34. The molecule has 0 radical (unpaired) electrons. The topological polar surface area (TPSA) is 68.8 Å². The molecular formula is C20H22N2O4S. The van der Waals surface area contributed by atoms with Gasteiger partial charge in [-0.15, -0.1) is 0 Å². The first-order valence-electron chi connectivity index (χ1n) is 8.75. The molecule has 1 aliphatic heterocycles. The van der Waals surface area contributed by atoms with Crippen molar-refractivity contribution in [2.75, 3.05) is 25.6 Å². The van der Waals surface area contributed by atoms with Crippen LogP contribution in [-0.2, 0) is 4.74 Å². The predicted octanol–water partition coefficient (Wildman–Crippen LogP) is 3.38. The minimum atomic E-state index is -0.285. The SMILES string of the molecule is COc1ccc(C(=O)NC(=S)Nc2ccc(OCC3CCCO3)cc2)cc1. The van der Waals surface area contributed by atoms with Crippen LogP contribution in [0.1, 0.15) is 23.2 Å². The van der Waals surface area contributed by atoms with Gasteiger partial charge in [0.05, 0.1) is 13.2 Å². The Bertz CT molecular complexity index is 772. The summed E-state index contributed by atoms with van der Waals surface area (Å²) < 4.78 is 16.3. The molecule has 0 spiro atoms. The lowest BCUT2D eigenvalue weighted by atomic mass is 10.2. The largest absolute Gasteiger partial charge is 0.497 e. The molecule has 2 aromatic rings. The summed E-state index contributed by atoms with van der Waals surface area (Å²) in [5.74, 6) is 1.17. The first-order valence-corrected chi connectivity index (χ1v) is 9.16. The highest BCUT2D eigenvalue weighted by Gasteiger charge is 2.16. The monoisotopic (exact) mass is 386 g/mol. The van der Waals surface area contributed by atoms with Gasteiger partial charge in [-0.25, -0.2) is 0 Å². The highest BCUT2D eigenvalue weighted by molar-refractivity contribution is 7.80. The summed E-state index contributed by atoms with van der Waals surface area (Å²) in [6.07, 6.45) is 2.32. The van der Waals surface area contributed by atoms with E-state index >= 15 is 0 Å². The van der Waals surface area contributed by atoms with Crippen molar-refractivity contribution in [3.05, 3.63) is 54.1 Å². The van der Waals surface area contributed by atoms with Gasteiger partial charge in [-0.3, -0.25) is 10.1 Å². The lowest BCUT2D eigenvalue weighted by molar-refractivity contribution is 0.0679. The number of nitrogens with one attached hydrogen (secondary N) is 2. The number of carbonyl (C=O) groups excluding carboxylic acids is 1. The van der Waals surface area contributed by atoms with Crippen molar-refractivity contribution in [3.8, 4) is 11.5 Å². The van der Waals surface area contributed by atoms with Crippen molar-refractivity contribution in [2.24, 2.45) is 0 Å². The first-order chi connectivity index (χ1) is 13.1. The van der Waals surface area contributed by atoms with Crippen LogP contribution < -0.4 is 20.1 Å². The molecule has 1 heterocycles. The van der Waals surface area contributed by atoms with E-state index < -0.39 is 0 Å². The molecule has 0 bridgehead atoms. The fourth-order valence-electron chi connectivity index (χ4n) is 2.68. The Labute approximate surface area is 163 Å². The minimum absolute atomic E-state index is 0.184. The summed E-state index contributed by atoms with van der Waals surface area (Å²) in [5.41, 5.74) is 1.26. The Morgan fingerprint density at radius 3 is 2.48 bits per heavy atom. The van der Waals surface area contributed by atoms with Gasteiger partial charge >= 0.3 is 0 Å². The molecule has 1 atom stereocenters. The van der Waals surface area contributed by atoms with E-state index in [9.17, 15) is 4.79 Å². The van der Waals surface area contributed by atoms with E-state index in [1.807, 2.05) is 24.3 Å². The molecule has 6 nitrogen and oxygen atoms in total. The fourth-order valence-corrected chi connectivity index (χ4v) is 2.89. The number of benzene rings is 2.